The molecule has 1 aliphatic rings. The van der Waals surface area contributed by atoms with Crippen molar-refractivity contribution in [2.45, 2.75) is 26.3 Å². The van der Waals surface area contributed by atoms with Gasteiger partial charge in [0.05, 0.1) is 21.3 Å². The molecule has 0 aromatic heterocycles. The summed E-state index contributed by atoms with van der Waals surface area (Å²) in [5.41, 5.74) is 3.72. The predicted molar refractivity (Wildman–Crippen MR) is 120 cm³/mol. The van der Waals surface area contributed by atoms with Crippen LogP contribution in [0.5, 0.6) is 17.2 Å². The summed E-state index contributed by atoms with van der Waals surface area (Å²) in [6.45, 7) is 3.19. The highest BCUT2D eigenvalue weighted by Gasteiger charge is 2.20. The Morgan fingerprint density at radius 2 is 1.74 bits per heavy atom. The zero-order valence-corrected chi connectivity index (χ0v) is 18.4. The van der Waals surface area contributed by atoms with Gasteiger partial charge in [-0.25, -0.2) is 0 Å². The molecule has 0 atom stereocenters. The maximum atomic E-state index is 12.5. The Morgan fingerprint density at radius 1 is 1.03 bits per heavy atom. The summed E-state index contributed by atoms with van der Waals surface area (Å²) < 4.78 is 16.0. The number of hydrogen-bond acceptors (Lipinski definition) is 5. The van der Waals surface area contributed by atoms with Crippen LogP contribution in [0.1, 0.15) is 30.0 Å². The standard InChI is InChI=1S/C24H28N2O5/c1-5-23(28)26-11-10-17-7-8-19(14-18(17)15-26)25-22(27)9-6-16-12-20(29-2)24(31-4)21(13-16)30-3/h6-9,12-14H,5,10-11,15H2,1-4H3,(H,25,27)/b9-6+. The smallest absolute Gasteiger partial charge is 0.248 e. The number of carbonyl (C=O) groups is 2. The minimum absolute atomic E-state index is 0.147. The van der Waals surface area contributed by atoms with Gasteiger partial charge >= 0.3 is 0 Å². The zero-order chi connectivity index (χ0) is 22.4. The second-order valence-electron chi connectivity index (χ2n) is 7.18. The van der Waals surface area contributed by atoms with Crippen molar-refractivity contribution < 1.29 is 23.8 Å². The van der Waals surface area contributed by atoms with Gasteiger partial charge in [-0.15, -0.1) is 0 Å². The summed E-state index contributed by atoms with van der Waals surface area (Å²) in [4.78, 5) is 26.3. The lowest BCUT2D eigenvalue weighted by molar-refractivity contribution is -0.131. The molecule has 7 heteroatoms. The van der Waals surface area contributed by atoms with Gasteiger partial charge in [0.25, 0.3) is 0 Å². The number of hydrogen-bond donors (Lipinski definition) is 1. The van der Waals surface area contributed by atoms with E-state index in [1.807, 2.05) is 30.0 Å². The van der Waals surface area contributed by atoms with Crippen molar-refractivity contribution >= 4 is 23.6 Å². The predicted octanol–water partition coefficient (Wildman–Crippen LogP) is 3.66. The van der Waals surface area contributed by atoms with Crippen molar-refractivity contribution in [3.8, 4) is 17.2 Å². The number of carbonyl (C=O) groups excluding carboxylic acids is 2. The van der Waals surface area contributed by atoms with Crippen molar-refractivity contribution in [3.05, 3.63) is 53.1 Å². The molecule has 0 radical (unpaired) electrons. The van der Waals surface area contributed by atoms with Gasteiger partial charge < -0.3 is 24.4 Å². The first-order valence-corrected chi connectivity index (χ1v) is 10.2. The third-order valence-electron chi connectivity index (χ3n) is 5.26. The molecule has 0 fully saturated rings. The van der Waals surface area contributed by atoms with Crippen LogP contribution in [0.4, 0.5) is 5.69 Å². The van der Waals surface area contributed by atoms with E-state index in [1.54, 1.807) is 39.5 Å². The first-order valence-electron chi connectivity index (χ1n) is 10.2. The van der Waals surface area contributed by atoms with Crippen LogP contribution in [-0.4, -0.2) is 44.6 Å². The van der Waals surface area contributed by atoms with Gasteiger partial charge in [0.15, 0.2) is 11.5 Å². The van der Waals surface area contributed by atoms with Crippen LogP contribution in [-0.2, 0) is 22.6 Å². The van der Waals surface area contributed by atoms with Crippen molar-refractivity contribution in [1.82, 2.24) is 4.90 Å². The molecule has 2 amide bonds. The molecule has 7 nitrogen and oxygen atoms in total. The SMILES string of the molecule is CCC(=O)N1CCc2ccc(NC(=O)/C=C/c3cc(OC)c(OC)c(OC)c3)cc2C1. The maximum Gasteiger partial charge on any atom is 0.248 e. The quantitative estimate of drug-likeness (QED) is 0.687. The van der Waals surface area contributed by atoms with Crippen LogP contribution in [0.3, 0.4) is 0 Å². The Labute approximate surface area is 182 Å². The van der Waals surface area contributed by atoms with E-state index in [-0.39, 0.29) is 11.8 Å². The summed E-state index contributed by atoms with van der Waals surface area (Å²) in [5.74, 6) is 1.42. The Kier molecular flexibility index (Phi) is 7.18. The molecular formula is C24H28N2O5. The monoisotopic (exact) mass is 424 g/mol. The average Bonchev–Trinajstić information content (AvgIpc) is 2.80. The Balaban J connectivity index is 1.72. The van der Waals surface area contributed by atoms with E-state index in [0.29, 0.717) is 35.9 Å². The van der Waals surface area contributed by atoms with E-state index in [0.717, 1.165) is 24.1 Å². The first kappa shape index (κ1) is 22.2. The number of rotatable bonds is 7. The van der Waals surface area contributed by atoms with Crippen LogP contribution >= 0.6 is 0 Å². The number of methoxy groups -OCH3 is 3. The molecule has 1 aliphatic heterocycles. The van der Waals surface area contributed by atoms with Crippen LogP contribution in [0.2, 0.25) is 0 Å². The van der Waals surface area contributed by atoms with Gasteiger partial charge in [-0.2, -0.15) is 0 Å². The lowest BCUT2D eigenvalue weighted by Crippen LogP contribution is -2.35. The van der Waals surface area contributed by atoms with Gasteiger partial charge in [0.2, 0.25) is 17.6 Å². The lowest BCUT2D eigenvalue weighted by Gasteiger charge is -2.29. The highest BCUT2D eigenvalue weighted by Crippen LogP contribution is 2.38. The maximum absolute atomic E-state index is 12.5. The summed E-state index contributed by atoms with van der Waals surface area (Å²) in [6, 6.07) is 9.38. The number of fused-ring (bicyclic) bond motifs is 1. The lowest BCUT2D eigenvalue weighted by atomic mass is 9.99. The third kappa shape index (κ3) is 5.17. The van der Waals surface area contributed by atoms with E-state index in [4.69, 9.17) is 14.2 Å². The fraction of sp³-hybridized carbons (Fsp3) is 0.333. The molecule has 0 saturated heterocycles. The second-order valence-corrected chi connectivity index (χ2v) is 7.18. The largest absolute Gasteiger partial charge is 0.493 e. The molecule has 2 aromatic carbocycles. The van der Waals surface area contributed by atoms with Crippen LogP contribution < -0.4 is 19.5 Å². The molecule has 0 spiro atoms. The Morgan fingerprint density at radius 3 is 2.35 bits per heavy atom. The van der Waals surface area contributed by atoms with Crippen molar-refractivity contribution in [2.75, 3.05) is 33.2 Å². The number of benzene rings is 2. The number of nitrogens with one attached hydrogen (secondary N) is 1. The van der Waals surface area contributed by atoms with Crippen LogP contribution in [0.15, 0.2) is 36.4 Å². The molecule has 1 N–H and O–H groups in total. The summed E-state index contributed by atoms with van der Waals surface area (Å²) >= 11 is 0. The van der Waals surface area contributed by atoms with E-state index in [1.165, 1.54) is 11.6 Å². The topological polar surface area (TPSA) is 77.1 Å². The molecule has 2 aromatic rings. The van der Waals surface area contributed by atoms with Gasteiger partial charge in [0.1, 0.15) is 0 Å². The molecule has 0 saturated carbocycles. The highest BCUT2D eigenvalue weighted by atomic mass is 16.5. The number of amides is 2. The fourth-order valence-electron chi connectivity index (χ4n) is 3.62. The van der Waals surface area contributed by atoms with E-state index < -0.39 is 0 Å². The summed E-state index contributed by atoms with van der Waals surface area (Å²) in [5, 5.41) is 2.88. The molecule has 31 heavy (non-hydrogen) atoms. The number of ether oxygens (including phenoxy) is 3. The molecule has 0 aliphatic carbocycles. The van der Waals surface area contributed by atoms with Gasteiger partial charge in [-0.1, -0.05) is 13.0 Å². The van der Waals surface area contributed by atoms with Crippen molar-refractivity contribution in [3.63, 3.8) is 0 Å². The van der Waals surface area contributed by atoms with Crippen molar-refractivity contribution in [1.29, 1.82) is 0 Å². The average molecular weight is 424 g/mol. The van der Waals surface area contributed by atoms with E-state index in [9.17, 15) is 9.59 Å². The Hall–Kier alpha value is -3.48. The van der Waals surface area contributed by atoms with Gasteiger partial charge in [-0.05, 0) is 53.5 Å². The van der Waals surface area contributed by atoms with Crippen molar-refractivity contribution in [2.24, 2.45) is 0 Å². The van der Waals surface area contributed by atoms with Crippen LogP contribution in [0, 0.1) is 0 Å². The van der Waals surface area contributed by atoms with Gasteiger partial charge in [0, 0.05) is 31.3 Å². The second kappa shape index (κ2) is 10.0. The molecule has 0 bridgehead atoms. The molecule has 3 rings (SSSR count). The van der Waals surface area contributed by atoms with Crippen LogP contribution in [0.25, 0.3) is 6.08 Å². The highest BCUT2D eigenvalue weighted by molar-refractivity contribution is 6.02. The molecular weight excluding hydrogens is 396 g/mol. The normalized spacial score (nSPS) is 13.0. The van der Waals surface area contributed by atoms with E-state index in [2.05, 4.69) is 5.32 Å². The summed E-state index contributed by atoms with van der Waals surface area (Å²) in [7, 11) is 4.63. The number of nitrogens with zero attached hydrogens (tertiary/aromatic N) is 1. The molecule has 0 unspecified atom stereocenters. The Bertz CT molecular complexity index is 974. The fourth-order valence-corrected chi connectivity index (χ4v) is 3.62. The molecule has 164 valence electrons. The minimum atomic E-state index is -0.258. The van der Waals surface area contributed by atoms with E-state index >= 15 is 0 Å². The molecule has 1 heterocycles. The summed E-state index contributed by atoms with van der Waals surface area (Å²) in [6.07, 6.45) is 4.46. The minimum Gasteiger partial charge on any atom is -0.493 e. The third-order valence-corrected chi connectivity index (χ3v) is 5.26. The number of anilines is 1. The first-order chi connectivity index (χ1) is 15.0. The zero-order valence-electron chi connectivity index (χ0n) is 18.4. The van der Waals surface area contributed by atoms with Gasteiger partial charge in [-0.3, -0.25) is 9.59 Å².